The normalized spacial score (nSPS) is 25.5. The standard InChI is InChI=1S/C20H20Br2N2OS/c21-13-6-7-17-14(10-13)16-11-15(18-8-9-19(22)26-18)23-24(16)20(25-17)12-4-2-1-3-5-12/h6-10,12,16,20H,1-5,11H2. The van der Waals surface area contributed by atoms with E-state index in [9.17, 15) is 0 Å². The molecule has 2 unspecified atom stereocenters. The maximum Gasteiger partial charge on any atom is 0.190 e. The Morgan fingerprint density at radius 1 is 1.08 bits per heavy atom. The fourth-order valence-electron chi connectivity index (χ4n) is 4.44. The lowest BCUT2D eigenvalue weighted by atomic mass is 9.86. The number of hydrazone groups is 1. The number of hydrogen-bond donors (Lipinski definition) is 0. The van der Waals surface area contributed by atoms with Crippen LogP contribution in [0.1, 0.15) is 55.0 Å². The summed E-state index contributed by atoms with van der Waals surface area (Å²) in [6.07, 6.45) is 7.48. The third-order valence-electron chi connectivity index (χ3n) is 5.69. The Morgan fingerprint density at radius 2 is 1.92 bits per heavy atom. The van der Waals surface area contributed by atoms with Crippen molar-refractivity contribution in [3.05, 3.63) is 49.0 Å². The van der Waals surface area contributed by atoms with Gasteiger partial charge in [0.1, 0.15) is 5.75 Å². The van der Waals surface area contributed by atoms with Gasteiger partial charge < -0.3 is 4.74 Å². The van der Waals surface area contributed by atoms with E-state index < -0.39 is 0 Å². The van der Waals surface area contributed by atoms with Crippen molar-refractivity contribution in [2.24, 2.45) is 11.0 Å². The molecular formula is C20H20Br2N2OS. The monoisotopic (exact) mass is 494 g/mol. The van der Waals surface area contributed by atoms with E-state index in [2.05, 4.69) is 67.2 Å². The summed E-state index contributed by atoms with van der Waals surface area (Å²) in [7, 11) is 0. The Balaban J connectivity index is 1.54. The third kappa shape index (κ3) is 3.04. The number of rotatable bonds is 2. The summed E-state index contributed by atoms with van der Waals surface area (Å²) < 4.78 is 8.78. The van der Waals surface area contributed by atoms with Crippen LogP contribution >= 0.6 is 43.2 Å². The number of fused-ring (bicyclic) bond motifs is 3. The molecule has 136 valence electrons. The highest BCUT2D eigenvalue weighted by Gasteiger charge is 2.43. The zero-order valence-corrected chi connectivity index (χ0v) is 18.3. The SMILES string of the molecule is Brc1ccc2c(c1)C1CC(c3ccc(Br)s3)=NN1C(C1CCCCC1)O2. The smallest absolute Gasteiger partial charge is 0.190 e. The van der Waals surface area contributed by atoms with Gasteiger partial charge in [-0.25, -0.2) is 5.01 Å². The Bertz CT molecular complexity index is 859. The van der Waals surface area contributed by atoms with Gasteiger partial charge in [-0.2, -0.15) is 5.10 Å². The molecule has 1 fully saturated rings. The van der Waals surface area contributed by atoms with Crippen LogP contribution in [0.15, 0.2) is 43.7 Å². The summed E-state index contributed by atoms with van der Waals surface area (Å²) in [4.78, 5) is 1.25. The lowest BCUT2D eigenvalue weighted by molar-refractivity contribution is -0.0644. The van der Waals surface area contributed by atoms with Crippen molar-refractivity contribution in [3.63, 3.8) is 0 Å². The number of thiophene rings is 1. The first kappa shape index (κ1) is 17.3. The fraction of sp³-hybridized carbons (Fsp3) is 0.450. The minimum Gasteiger partial charge on any atom is -0.468 e. The lowest BCUT2D eigenvalue weighted by Crippen LogP contribution is -2.45. The van der Waals surface area contributed by atoms with Crippen LogP contribution in [-0.2, 0) is 0 Å². The molecule has 1 saturated carbocycles. The summed E-state index contributed by atoms with van der Waals surface area (Å²) in [6, 6.07) is 11.0. The summed E-state index contributed by atoms with van der Waals surface area (Å²) >= 11 is 8.97. The maximum absolute atomic E-state index is 6.52. The molecule has 1 aromatic carbocycles. The first-order valence-corrected chi connectivity index (χ1v) is 11.7. The molecule has 2 atom stereocenters. The fourth-order valence-corrected chi connectivity index (χ4v) is 6.19. The quantitative estimate of drug-likeness (QED) is 0.461. The van der Waals surface area contributed by atoms with Crippen LogP contribution in [0.3, 0.4) is 0 Å². The highest BCUT2D eigenvalue weighted by Crippen LogP contribution is 2.47. The molecule has 0 bridgehead atoms. The van der Waals surface area contributed by atoms with Crippen molar-refractivity contribution in [3.8, 4) is 5.75 Å². The Hall–Kier alpha value is -0.850. The molecule has 0 spiro atoms. The molecule has 0 radical (unpaired) electrons. The summed E-state index contributed by atoms with van der Waals surface area (Å²) in [5.74, 6) is 1.61. The van der Waals surface area contributed by atoms with Crippen LogP contribution in [-0.4, -0.2) is 16.9 Å². The van der Waals surface area contributed by atoms with Crippen LogP contribution in [0, 0.1) is 5.92 Å². The van der Waals surface area contributed by atoms with Gasteiger partial charge >= 0.3 is 0 Å². The number of halogens is 2. The van der Waals surface area contributed by atoms with Crippen LogP contribution in [0.25, 0.3) is 0 Å². The highest BCUT2D eigenvalue weighted by atomic mass is 79.9. The van der Waals surface area contributed by atoms with Crippen molar-refractivity contribution in [1.29, 1.82) is 0 Å². The van der Waals surface area contributed by atoms with Crippen molar-refractivity contribution in [1.82, 2.24) is 5.01 Å². The number of hydrogen-bond acceptors (Lipinski definition) is 4. The number of ether oxygens (including phenoxy) is 1. The molecule has 2 aliphatic heterocycles. The molecule has 2 aromatic rings. The maximum atomic E-state index is 6.52. The zero-order chi connectivity index (χ0) is 17.7. The van der Waals surface area contributed by atoms with Gasteiger partial charge in [0.25, 0.3) is 0 Å². The summed E-state index contributed by atoms with van der Waals surface area (Å²) in [6.45, 7) is 0. The lowest BCUT2D eigenvalue weighted by Gasteiger charge is -2.42. The van der Waals surface area contributed by atoms with E-state index in [-0.39, 0.29) is 12.3 Å². The second-order valence-electron chi connectivity index (χ2n) is 7.34. The summed E-state index contributed by atoms with van der Waals surface area (Å²) in [5.41, 5.74) is 2.43. The minimum absolute atomic E-state index is 0.0647. The predicted octanol–water partition coefficient (Wildman–Crippen LogP) is 6.72. The zero-order valence-electron chi connectivity index (χ0n) is 14.3. The highest BCUT2D eigenvalue weighted by molar-refractivity contribution is 9.11. The summed E-state index contributed by atoms with van der Waals surface area (Å²) in [5, 5.41) is 7.35. The molecule has 3 aliphatic rings. The number of benzene rings is 1. The van der Waals surface area contributed by atoms with E-state index >= 15 is 0 Å². The molecule has 6 heteroatoms. The molecule has 1 aromatic heterocycles. The van der Waals surface area contributed by atoms with Gasteiger partial charge in [0.15, 0.2) is 6.23 Å². The third-order valence-corrected chi connectivity index (χ3v) is 7.86. The van der Waals surface area contributed by atoms with E-state index in [1.807, 2.05) is 0 Å². The average Bonchev–Trinajstić information content (AvgIpc) is 3.28. The van der Waals surface area contributed by atoms with Gasteiger partial charge in [0.2, 0.25) is 0 Å². The first-order valence-electron chi connectivity index (χ1n) is 9.27. The molecule has 3 heterocycles. The van der Waals surface area contributed by atoms with Gasteiger partial charge in [-0.15, -0.1) is 11.3 Å². The van der Waals surface area contributed by atoms with E-state index in [0.29, 0.717) is 5.92 Å². The van der Waals surface area contributed by atoms with Crippen LogP contribution < -0.4 is 4.74 Å². The van der Waals surface area contributed by atoms with Crippen LogP contribution in [0.2, 0.25) is 0 Å². The first-order chi connectivity index (χ1) is 12.7. The van der Waals surface area contributed by atoms with Gasteiger partial charge in [-0.1, -0.05) is 35.2 Å². The van der Waals surface area contributed by atoms with E-state index in [1.54, 1.807) is 11.3 Å². The van der Waals surface area contributed by atoms with Gasteiger partial charge in [0, 0.05) is 22.4 Å². The van der Waals surface area contributed by atoms with E-state index in [0.717, 1.165) is 20.4 Å². The molecule has 3 nitrogen and oxygen atoms in total. The Kier molecular flexibility index (Phi) is 4.62. The van der Waals surface area contributed by atoms with Crippen LogP contribution in [0.4, 0.5) is 0 Å². The van der Waals surface area contributed by atoms with Gasteiger partial charge in [0.05, 0.1) is 20.4 Å². The molecule has 0 N–H and O–H groups in total. The molecule has 0 amide bonds. The van der Waals surface area contributed by atoms with Crippen molar-refractivity contribution < 1.29 is 4.74 Å². The van der Waals surface area contributed by atoms with Crippen LogP contribution in [0.5, 0.6) is 5.75 Å². The van der Waals surface area contributed by atoms with Crippen molar-refractivity contribution >= 4 is 48.9 Å². The molecular weight excluding hydrogens is 476 g/mol. The predicted molar refractivity (Wildman–Crippen MR) is 113 cm³/mol. The molecule has 5 rings (SSSR count). The van der Waals surface area contributed by atoms with E-state index in [4.69, 9.17) is 9.84 Å². The van der Waals surface area contributed by atoms with E-state index in [1.165, 1.54) is 48.3 Å². The molecule has 1 aliphatic carbocycles. The topological polar surface area (TPSA) is 24.8 Å². The molecule has 0 saturated heterocycles. The second-order valence-corrected chi connectivity index (χ2v) is 10.7. The largest absolute Gasteiger partial charge is 0.468 e. The minimum atomic E-state index is 0.0647. The van der Waals surface area contributed by atoms with Gasteiger partial charge in [-0.3, -0.25) is 0 Å². The van der Waals surface area contributed by atoms with Crippen molar-refractivity contribution in [2.75, 3.05) is 0 Å². The Labute approximate surface area is 174 Å². The number of nitrogens with zero attached hydrogens (tertiary/aromatic N) is 2. The van der Waals surface area contributed by atoms with Crippen molar-refractivity contribution in [2.45, 2.75) is 50.8 Å². The van der Waals surface area contributed by atoms with Gasteiger partial charge in [-0.05, 0) is 59.1 Å². The average molecular weight is 496 g/mol. The second kappa shape index (κ2) is 6.95. The Morgan fingerprint density at radius 3 is 2.69 bits per heavy atom. The molecule has 26 heavy (non-hydrogen) atoms.